The lowest BCUT2D eigenvalue weighted by molar-refractivity contribution is -0.116. The van der Waals surface area contributed by atoms with Gasteiger partial charge in [0.15, 0.2) is 0 Å². The number of aromatic nitrogens is 2. The number of benzene rings is 1. The van der Waals surface area contributed by atoms with Crippen molar-refractivity contribution in [1.82, 2.24) is 15.5 Å². The molecule has 5 nitrogen and oxygen atoms in total. The molecule has 130 valence electrons. The summed E-state index contributed by atoms with van der Waals surface area (Å²) in [5.41, 5.74) is 1.08. The maximum Gasteiger partial charge on any atom is 0.226 e. The lowest BCUT2D eigenvalue weighted by Crippen LogP contribution is -2.14. The Hall–Kier alpha value is -1.21. The molecular formula is C16H20Cl2N4OS. The van der Waals surface area contributed by atoms with Gasteiger partial charge in [0.2, 0.25) is 11.0 Å². The quantitative estimate of drug-likeness (QED) is 0.796. The van der Waals surface area contributed by atoms with Gasteiger partial charge < -0.3 is 10.6 Å². The highest BCUT2D eigenvalue weighted by atomic mass is 35.5. The second kappa shape index (κ2) is 9.32. The third-order valence-corrected chi connectivity index (χ3v) is 4.97. The molecule has 1 amide bonds. The topological polar surface area (TPSA) is 66.9 Å². The van der Waals surface area contributed by atoms with Gasteiger partial charge in [0.25, 0.3) is 0 Å². The summed E-state index contributed by atoms with van der Waals surface area (Å²) >= 11 is 7.39. The number of nitrogens with zero attached hydrogens (tertiary/aromatic N) is 2. The van der Waals surface area contributed by atoms with Crippen LogP contribution < -0.4 is 10.6 Å². The predicted octanol–water partition coefficient (Wildman–Crippen LogP) is 3.53. The Morgan fingerprint density at radius 2 is 2.29 bits per heavy atom. The summed E-state index contributed by atoms with van der Waals surface area (Å²) in [7, 11) is 0. The fourth-order valence-electron chi connectivity index (χ4n) is 2.67. The smallest absolute Gasteiger partial charge is 0.226 e. The Bertz CT molecular complexity index is 674. The van der Waals surface area contributed by atoms with Crippen molar-refractivity contribution in [3.05, 3.63) is 39.9 Å². The lowest BCUT2D eigenvalue weighted by Gasteiger charge is -2.06. The molecule has 1 saturated heterocycles. The molecule has 2 N–H and O–H groups in total. The fourth-order valence-corrected chi connectivity index (χ4v) is 3.68. The molecule has 1 fully saturated rings. The maximum atomic E-state index is 12.0. The zero-order valence-corrected chi connectivity index (χ0v) is 15.5. The van der Waals surface area contributed by atoms with Gasteiger partial charge in [-0.1, -0.05) is 35.1 Å². The third kappa shape index (κ3) is 5.70. The van der Waals surface area contributed by atoms with Crippen LogP contribution in [0.4, 0.5) is 5.13 Å². The van der Waals surface area contributed by atoms with Crippen LogP contribution in [-0.2, 0) is 11.2 Å². The number of rotatable bonds is 6. The second-order valence-corrected chi connectivity index (χ2v) is 7.25. The van der Waals surface area contributed by atoms with E-state index in [0.29, 0.717) is 28.9 Å². The first-order chi connectivity index (χ1) is 11.2. The van der Waals surface area contributed by atoms with E-state index in [1.807, 2.05) is 24.3 Å². The molecule has 3 rings (SSSR count). The SMILES string of the molecule is Cl.O=C(CCC1CCNC1)Nc1nnc(Cc2cccc(Cl)c2)s1. The minimum absolute atomic E-state index is 0. The number of anilines is 1. The average Bonchev–Trinajstić information content (AvgIpc) is 3.17. The van der Waals surface area contributed by atoms with Crippen LogP contribution in [0.2, 0.25) is 5.02 Å². The fraction of sp³-hybridized carbons (Fsp3) is 0.438. The van der Waals surface area contributed by atoms with Gasteiger partial charge >= 0.3 is 0 Å². The monoisotopic (exact) mass is 386 g/mol. The number of amides is 1. The highest BCUT2D eigenvalue weighted by molar-refractivity contribution is 7.15. The minimum atomic E-state index is 0. The zero-order valence-electron chi connectivity index (χ0n) is 13.1. The number of carbonyl (C=O) groups excluding carboxylic acids is 1. The van der Waals surface area contributed by atoms with Crippen molar-refractivity contribution < 1.29 is 4.79 Å². The molecule has 1 aromatic carbocycles. The Kier molecular flexibility index (Phi) is 7.42. The first-order valence-corrected chi connectivity index (χ1v) is 8.96. The maximum absolute atomic E-state index is 12.0. The summed E-state index contributed by atoms with van der Waals surface area (Å²) in [6.07, 6.45) is 3.29. The largest absolute Gasteiger partial charge is 0.316 e. The van der Waals surface area contributed by atoms with E-state index in [1.54, 1.807) is 0 Å². The second-order valence-electron chi connectivity index (χ2n) is 5.75. The predicted molar refractivity (Wildman–Crippen MR) is 100 cm³/mol. The van der Waals surface area contributed by atoms with Crippen LogP contribution in [0.3, 0.4) is 0 Å². The van der Waals surface area contributed by atoms with Gasteiger partial charge in [0.1, 0.15) is 5.01 Å². The van der Waals surface area contributed by atoms with E-state index in [2.05, 4.69) is 20.8 Å². The number of halogens is 2. The Balaban J connectivity index is 0.00000208. The zero-order chi connectivity index (χ0) is 16.1. The number of carbonyl (C=O) groups is 1. The first-order valence-electron chi connectivity index (χ1n) is 7.76. The molecule has 1 aliphatic rings. The van der Waals surface area contributed by atoms with Gasteiger partial charge in [-0.2, -0.15) is 0 Å². The van der Waals surface area contributed by atoms with E-state index in [1.165, 1.54) is 11.3 Å². The summed E-state index contributed by atoms with van der Waals surface area (Å²) < 4.78 is 0. The molecule has 2 heterocycles. The van der Waals surface area contributed by atoms with E-state index in [0.717, 1.165) is 36.5 Å². The molecule has 24 heavy (non-hydrogen) atoms. The molecule has 1 aromatic heterocycles. The highest BCUT2D eigenvalue weighted by Gasteiger charge is 2.16. The van der Waals surface area contributed by atoms with Crippen molar-refractivity contribution >= 4 is 46.4 Å². The molecule has 0 bridgehead atoms. The lowest BCUT2D eigenvalue weighted by atomic mass is 10.0. The summed E-state index contributed by atoms with van der Waals surface area (Å²) in [6, 6.07) is 7.67. The molecule has 2 aromatic rings. The van der Waals surface area contributed by atoms with E-state index in [4.69, 9.17) is 11.6 Å². The molecular weight excluding hydrogens is 367 g/mol. The third-order valence-electron chi connectivity index (χ3n) is 3.90. The van der Waals surface area contributed by atoms with Crippen molar-refractivity contribution in [2.24, 2.45) is 5.92 Å². The minimum Gasteiger partial charge on any atom is -0.316 e. The molecule has 1 atom stereocenters. The Morgan fingerprint density at radius 3 is 3.04 bits per heavy atom. The molecule has 0 saturated carbocycles. The number of hydrogen-bond acceptors (Lipinski definition) is 5. The van der Waals surface area contributed by atoms with Crippen molar-refractivity contribution in [1.29, 1.82) is 0 Å². The summed E-state index contributed by atoms with van der Waals surface area (Å²) in [5.74, 6) is 0.635. The van der Waals surface area contributed by atoms with Gasteiger partial charge in [0, 0.05) is 17.9 Å². The number of hydrogen-bond donors (Lipinski definition) is 2. The van der Waals surface area contributed by atoms with Crippen LogP contribution >= 0.6 is 35.3 Å². The van der Waals surface area contributed by atoms with Crippen molar-refractivity contribution in [2.75, 3.05) is 18.4 Å². The molecule has 0 spiro atoms. The Morgan fingerprint density at radius 1 is 1.42 bits per heavy atom. The molecule has 0 radical (unpaired) electrons. The van der Waals surface area contributed by atoms with Crippen LogP contribution in [0, 0.1) is 5.92 Å². The Labute approximate surface area is 156 Å². The number of nitrogens with one attached hydrogen (secondary N) is 2. The highest BCUT2D eigenvalue weighted by Crippen LogP contribution is 2.21. The summed E-state index contributed by atoms with van der Waals surface area (Å²) in [6.45, 7) is 2.09. The van der Waals surface area contributed by atoms with Crippen LogP contribution in [0.5, 0.6) is 0 Å². The molecule has 8 heteroatoms. The van der Waals surface area contributed by atoms with Crippen LogP contribution in [0.15, 0.2) is 24.3 Å². The molecule has 0 aliphatic carbocycles. The van der Waals surface area contributed by atoms with E-state index in [9.17, 15) is 4.79 Å². The first kappa shape index (κ1) is 19.1. The van der Waals surface area contributed by atoms with Gasteiger partial charge in [-0.15, -0.1) is 22.6 Å². The van der Waals surface area contributed by atoms with Crippen LogP contribution in [0.25, 0.3) is 0 Å². The van der Waals surface area contributed by atoms with Crippen molar-refractivity contribution in [2.45, 2.75) is 25.7 Å². The molecule has 1 unspecified atom stereocenters. The van der Waals surface area contributed by atoms with Gasteiger partial charge in [-0.05, 0) is 49.5 Å². The van der Waals surface area contributed by atoms with Crippen molar-refractivity contribution in [3.63, 3.8) is 0 Å². The molecule has 1 aliphatic heterocycles. The van der Waals surface area contributed by atoms with E-state index >= 15 is 0 Å². The van der Waals surface area contributed by atoms with Gasteiger partial charge in [-0.3, -0.25) is 4.79 Å². The van der Waals surface area contributed by atoms with Gasteiger partial charge in [-0.25, -0.2) is 0 Å². The summed E-state index contributed by atoms with van der Waals surface area (Å²) in [4.78, 5) is 12.0. The van der Waals surface area contributed by atoms with E-state index < -0.39 is 0 Å². The van der Waals surface area contributed by atoms with E-state index in [-0.39, 0.29) is 18.3 Å². The van der Waals surface area contributed by atoms with Crippen LogP contribution in [0.1, 0.15) is 29.8 Å². The van der Waals surface area contributed by atoms with Crippen LogP contribution in [-0.4, -0.2) is 29.2 Å². The summed E-state index contributed by atoms with van der Waals surface area (Å²) in [5, 5.41) is 16.5. The van der Waals surface area contributed by atoms with Crippen molar-refractivity contribution in [3.8, 4) is 0 Å². The average molecular weight is 387 g/mol. The standard InChI is InChI=1S/C16H19ClN4OS.ClH/c17-13-3-1-2-12(8-13)9-15-20-21-16(23-15)19-14(22)5-4-11-6-7-18-10-11;/h1-3,8,11,18H,4-7,9-10H2,(H,19,21,22);1H. The van der Waals surface area contributed by atoms with Gasteiger partial charge in [0.05, 0.1) is 0 Å². The normalized spacial score (nSPS) is 16.6.